The molecule has 3 aromatic rings. The van der Waals surface area contributed by atoms with Gasteiger partial charge in [-0.2, -0.15) is 0 Å². The number of carboxylic acids is 1. The number of aldehydes is 1. The van der Waals surface area contributed by atoms with Gasteiger partial charge in [-0.15, -0.1) is 36.2 Å². The third-order valence-electron chi connectivity index (χ3n) is 6.76. The molecule has 3 amide bonds. The normalized spacial score (nSPS) is 17.1. The van der Waals surface area contributed by atoms with Gasteiger partial charge in [0.05, 0.1) is 41.7 Å². The SMILES string of the molecule is Cl.Cl.[2H]C(=O)CN[C@@H](Cc1cnc(N(C[C@H]2CN(c3ccc(N4CCOCC4=O)cc3)C(=O)O2)C(=O)c2ccc(Cl)s2)[nH]1)C(=O)O. The van der Waals surface area contributed by atoms with E-state index >= 15 is 0 Å². The molecule has 5 rings (SSSR count). The van der Waals surface area contributed by atoms with Crippen LogP contribution in [0.15, 0.2) is 42.6 Å². The number of carbonyl (C=O) groups excluding carboxylic acids is 4. The van der Waals surface area contributed by atoms with E-state index in [2.05, 4.69) is 15.3 Å². The van der Waals surface area contributed by atoms with Crippen molar-refractivity contribution in [3.63, 3.8) is 0 Å². The van der Waals surface area contributed by atoms with Gasteiger partial charge in [-0.1, -0.05) is 11.6 Å². The van der Waals surface area contributed by atoms with Gasteiger partial charge in [-0.25, -0.2) is 9.78 Å². The Kier molecular flexibility index (Phi) is 12.2. The average Bonchev–Trinajstić information content (AvgIpc) is 3.74. The van der Waals surface area contributed by atoms with E-state index in [9.17, 15) is 29.1 Å². The number of anilines is 3. The number of hydrogen-bond acceptors (Lipinski definition) is 10. The number of aliphatic carboxylic acids is 1. The van der Waals surface area contributed by atoms with Crippen LogP contribution in [0.2, 0.25) is 4.34 Å². The van der Waals surface area contributed by atoms with Crippen LogP contribution < -0.4 is 20.0 Å². The van der Waals surface area contributed by atoms with Crippen LogP contribution in [0.25, 0.3) is 0 Å². The van der Waals surface area contributed by atoms with E-state index in [-0.39, 0.29) is 62.8 Å². The highest BCUT2D eigenvalue weighted by Gasteiger charge is 2.36. The van der Waals surface area contributed by atoms with E-state index in [4.69, 9.17) is 22.4 Å². The number of nitrogens with one attached hydrogen (secondary N) is 2. The van der Waals surface area contributed by atoms with Crippen LogP contribution in [0.3, 0.4) is 0 Å². The highest BCUT2D eigenvalue weighted by atomic mass is 35.5. The molecule has 0 aliphatic carbocycles. The zero-order valence-electron chi connectivity index (χ0n) is 24.3. The number of amides is 3. The van der Waals surface area contributed by atoms with Crippen LogP contribution in [0, 0.1) is 0 Å². The minimum Gasteiger partial charge on any atom is -0.480 e. The number of rotatable bonds is 12. The number of aromatic nitrogens is 2. The Labute approximate surface area is 279 Å². The Morgan fingerprint density at radius 1 is 1.22 bits per heavy atom. The fourth-order valence-electron chi connectivity index (χ4n) is 4.68. The predicted octanol–water partition coefficient (Wildman–Crippen LogP) is 2.79. The summed E-state index contributed by atoms with van der Waals surface area (Å²) in [6.45, 7) is 0.455. The summed E-state index contributed by atoms with van der Waals surface area (Å²) in [6, 6.07) is 8.83. The Hall–Kier alpha value is -3.73. The lowest BCUT2D eigenvalue weighted by Gasteiger charge is -2.27. The van der Waals surface area contributed by atoms with Crippen molar-refractivity contribution in [1.82, 2.24) is 15.3 Å². The third kappa shape index (κ3) is 8.51. The largest absolute Gasteiger partial charge is 0.480 e. The maximum Gasteiger partial charge on any atom is 0.414 e. The second-order valence-electron chi connectivity index (χ2n) is 9.60. The fraction of sp³-hybridized carbons (Fsp3) is 0.333. The van der Waals surface area contributed by atoms with Crippen molar-refractivity contribution in [2.75, 3.05) is 54.1 Å². The monoisotopic (exact) mass is 703 g/mol. The maximum absolute atomic E-state index is 13.6. The molecule has 0 radical (unpaired) electrons. The fourth-order valence-corrected chi connectivity index (χ4v) is 5.67. The lowest BCUT2D eigenvalue weighted by Crippen LogP contribution is -2.41. The molecule has 1 aromatic carbocycles. The van der Waals surface area contributed by atoms with E-state index in [0.717, 1.165) is 11.3 Å². The number of carboxylic acid groups (broad SMARTS) is 1. The van der Waals surface area contributed by atoms with Gasteiger partial charge < -0.3 is 29.3 Å². The van der Waals surface area contributed by atoms with E-state index in [1.54, 1.807) is 41.3 Å². The number of imidazole rings is 1. The Bertz CT molecular complexity index is 1570. The minimum absolute atomic E-state index is 0. The summed E-state index contributed by atoms with van der Waals surface area (Å²) < 4.78 is 18.2. The molecule has 2 aromatic heterocycles. The number of halogens is 3. The lowest BCUT2D eigenvalue weighted by atomic mass is 10.1. The van der Waals surface area contributed by atoms with Gasteiger partial charge in [-0.05, 0) is 36.4 Å². The molecule has 2 fully saturated rings. The van der Waals surface area contributed by atoms with Gasteiger partial charge in [0.1, 0.15) is 26.4 Å². The van der Waals surface area contributed by atoms with E-state index in [0.29, 0.717) is 39.4 Å². The van der Waals surface area contributed by atoms with Crippen molar-refractivity contribution in [2.24, 2.45) is 0 Å². The lowest BCUT2D eigenvalue weighted by molar-refractivity contribution is -0.139. The molecule has 45 heavy (non-hydrogen) atoms. The number of aromatic amines is 1. The maximum atomic E-state index is 13.6. The third-order valence-corrected chi connectivity index (χ3v) is 7.98. The van der Waals surface area contributed by atoms with Crippen molar-refractivity contribution in [3.8, 4) is 0 Å². The van der Waals surface area contributed by atoms with Gasteiger partial charge in [0.2, 0.25) is 5.95 Å². The van der Waals surface area contributed by atoms with Gasteiger partial charge in [0.25, 0.3) is 11.8 Å². The van der Waals surface area contributed by atoms with Gasteiger partial charge >= 0.3 is 12.1 Å². The van der Waals surface area contributed by atoms with Crippen molar-refractivity contribution in [1.29, 1.82) is 0 Å². The highest BCUT2D eigenvalue weighted by molar-refractivity contribution is 7.18. The second-order valence-corrected chi connectivity index (χ2v) is 11.3. The quantitative estimate of drug-likeness (QED) is 0.238. The molecular weight excluding hydrogens is 675 g/mol. The molecule has 0 bridgehead atoms. The summed E-state index contributed by atoms with van der Waals surface area (Å²) in [7, 11) is 0. The van der Waals surface area contributed by atoms with Crippen LogP contribution in [0.1, 0.15) is 16.7 Å². The molecule has 4 heterocycles. The zero-order chi connectivity index (χ0) is 31.4. The van der Waals surface area contributed by atoms with Crippen LogP contribution in [0.4, 0.5) is 22.1 Å². The first-order valence-electron chi connectivity index (χ1n) is 13.6. The number of morpholine rings is 1. The number of cyclic esters (lactones) is 1. The van der Waals surface area contributed by atoms with Crippen LogP contribution in [-0.2, 0) is 30.3 Å². The highest BCUT2D eigenvalue weighted by Crippen LogP contribution is 2.28. The molecule has 2 saturated heterocycles. The summed E-state index contributed by atoms with van der Waals surface area (Å²) >= 11 is 7.12. The molecule has 0 spiro atoms. The molecule has 2 atom stereocenters. The van der Waals surface area contributed by atoms with Crippen LogP contribution >= 0.6 is 47.8 Å². The zero-order valence-corrected chi connectivity index (χ0v) is 26.5. The standard InChI is InChI=1S/C27H27ClN6O8S.2ClH/c28-22-6-5-21(43-22)24(37)34(26-30-12-16(31-26)11-20(25(38)39)29-7-9-35)14-19-13-33(27(40)42-19)18-3-1-17(2-4-18)32-8-10-41-15-23(32)36;;/h1-6,9,12,19-20,29H,7-8,10-11,13-15H2,(H,30,31)(H,38,39);2*1H/t19-,20+;;/m1../s1/i9D;;. The van der Waals surface area contributed by atoms with Crippen molar-refractivity contribution < 1.29 is 39.9 Å². The van der Waals surface area contributed by atoms with E-state index < -0.39 is 42.9 Å². The van der Waals surface area contributed by atoms with Gasteiger partial charge in [0, 0.05) is 30.0 Å². The summed E-state index contributed by atoms with van der Waals surface area (Å²) in [5.41, 5.74) is 1.57. The van der Waals surface area contributed by atoms with Crippen molar-refractivity contribution in [2.45, 2.75) is 18.6 Å². The van der Waals surface area contributed by atoms with Gasteiger partial charge in [0.15, 0.2) is 0 Å². The smallest absolute Gasteiger partial charge is 0.414 e. The van der Waals surface area contributed by atoms with Crippen LogP contribution in [-0.4, -0.2) is 96.8 Å². The second kappa shape index (κ2) is 16.0. The molecule has 14 nitrogen and oxygen atoms in total. The van der Waals surface area contributed by atoms with E-state index in [1.165, 1.54) is 16.0 Å². The first-order valence-corrected chi connectivity index (χ1v) is 14.3. The molecule has 0 unspecified atom stereocenters. The summed E-state index contributed by atoms with van der Waals surface area (Å²) in [5.74, 6) is -1.76. The minimum atomic E-state index is -1.23. The number of carbonyl (C=O) groups is 5. The molecular formula is C27H29Cl3N6O8S. The molecule has 18 heteroatoms. The number of ether oxygens (including phenoxy) is 2. The molecule has 3 N–H and O–H groups in total. The first-order chi connectivity index (χ1) is 21.1. The molecule has 2 aliphatic rings. The number of nitrogens with zero attached hydrogens (tertiary/aromatic N) is 4. The Balaban J connectivity index is 0.00000288. The van der Waals surface area contributed by atoms with Crippen molar-refractivity contribution >= 4 is 95.2 Å². The Morgan fingerprint density at radius 3 is 2.56 bits per heavy atom. The molecule has 0 saturated carbocycles. The average molecular weight is 705 g/mol. The predicted molar refractivity (Wildman–Crippen MR) is 171 cm³/mol. The van der Waals surface area contributed by atoms with Gasteiger partial charge in [-0.3, -0.25) is 29.5 Å². The number of H-pyrrole nitrogens is 1. The van der Waals surface area contributed by atoms with Crippen molar-refractivity contribution in [3.05, 3.63) is 57.5 Å². The van der Waals surface area contributed by atoms with E-state index in [1.807, 2.05) is 0 Å². The number of benzene rings is 1. The topological polar surface area (TPSA) is 174 Å². The van der Waals surface area contributed by atoms with Crippen LogP contribution in [0.5, 0.6) is 0 Å². The molecule has 2 aliphatic heterocycles. The molecule has 242 valence electrons. The first kappa shape index (κ1) is 34.1. The summed E-state index contributed by atoms with van der Waals surface area (Å²) in [4.78, 5) is 73.1. The number of hydrogen-bond donors (Lipinski definition) is 3. The summed E-state index contributed by atoms with van der Waals surface area (Å²) in [6.07, 6.45) is -1.08. The Morgan fingerprint density at radius 2 is 1.93 bits per heavy atom. The number of thiophene rings is 1. The summed E-state index contributed by atoms with van der Waals surface area (Å²) in [5, 5.41) is 12.0.